The molecule has 5 nitrogen and oxygen atoms in total. The van der Waals surface area contributed by atoms with E-state index in [2.05, 4.69) is 20.5 Å². The van der Waals surface area contributed by atoms with E-state index >= 15 is 0 Å². The summed E-state index contributed by atoms with van der Waals surface area (Å²) >= 11 is 0. The number of amides is 1. The van der Waals surface area contributed by atoms with Gasteiger partial charge in [0.05, 0.1) is 5.54 Å². The Balaban J connectivity index is 1.91. The lowest BCUT2D eigenvalue weighted by Crippen LogP contribution is -2.59. The quantitative estimate of drug-likeness (QED) is 0.849. The number of nitrogens with zero attached hydrogens (tertiary/aromatic N) is 2. The van der Waals surface area contributed by atoms with E-state index in [9.17, 15) is 4.79 Å². The Morgan fingerprint density at radius 2 is 2.10 bits per heavy atom. The van der Waals surface area contributed by atoms with Crippen molar-refractivity contribution in [3.8, 4) is 0 Å². The lowest BCUT2D eigenvalue weighted by Gasteiger charge is -2.39. The van der Waals surface area contributed by atoms with Gasteiger partial charge in [-0.2, -0.15) is 0 Å². The van der Waals surface area contributed by atoms with E-state index in [1.807, 2.05) is 39.1 Å². The van der Waals surface area contributed by atoms with Gasteiger partial charge in [0, 0.05) is 44.6 Å². The zero-order valence-electron chi connectivity index (χ0n) is 12.6. The molecule has 20 heavy (non-hydrogen) atoms. The predicted molar refractivity (Wildman–Crippen MR) is 79.3 cm³/mol. The molecule has 0 bridgehead atoms. The molecule has 1 aromatic rings. The van der Waals surface area contributed by atoms with Crippen molar-refractivity contribution in [2.24, 2.45) is 0 Å². The average Bonchev–Trinajstić information content (AvgIpc) is 2.47. The number of carbonyl (C=O) groups excluding carboxylic acids is 1. The second kappa shape index (κ2) is 6.33. The van der Waals surface area contributed by atoms with E-state index < -0.39 is 5.54 Å². The number of rotatable bonds is 4. The predicted octanol–water partition coefficient (Wildman–Crippen LogP) is 0.690. The summed E-state index contributed by atoms with van der Waals surface area (Å²) in [5, 5.41) is 6.32. The molecule has 1 aromatic heterocycles. The van der Waals surface area contributed by atoms with Crippen molar-refractivity contribution in [3.05, 3.63) is 29.6 Å². The van der Waals surface area contributed by atoms with Crippen LogP contribution in [0.25, 0.3) is 0 Å². The highest BCUT2D eigenvalue weighted by molar-refractivity contribution is 5.85. The molecule has 1 aliphatic heterocycles. The van der Waals surface area contributed by atoms with Crippen LogP contribution in [0.5, 0.6) is 0 Å². The fraction of sp³-hybridized carbons (Fsp3) is 0.600. The molecule has 0 aromatic carbocycles. The van der Waals surface area contributed by atoms with E-state index in [4.69, 9.17) is 0 Å². The SMILES string of the molecule is Cc1ccc(CNC(=O)C(C)(C)N2CCNCC2)cn1. The maximum Gasteiger partial charge on any atom is 0.240 e. The fourth-order valence-corrected chi connectivity index (χ4v) is 2.37. The highest BCUT2D eigenvalue weighted by Gasteiger charge is 2.34. The van der Waals surface area contributed by atoms with Crippen LogP contribution in [0.4, 0.5) is 0 Å². The van der Waals surface area contributed by atoms with Crippen LogP contribution in [0.15, 0.2) is 18.3 Å². The first kappa shape index (κ1) is 14.9. The van der Waals surface area contributed by atoms with Crippen molar-refractivity contribution in [2.75, 3.05) is 26.2 Å². The number of nitrogens with one attached hydrogen (secondary N) is 2. The van der Waals surface area contributed by atoms with Crippen LogP contribution in [0.2, 0.25) is 0 Å². The van der Waals surface area contributed by atoms with Crippen LogP contribution in [0, 0.1) is 6.92 Å². The maximum atomic E-state index is 12.4. The minimum absolute atomic E-state index is 0.0694. The van der Waals surface area contributed by atoms with E-state index in [1.165, 1.54) is 0 Å². The van der Waals surface area contributed by atoms with Crippen molar-refractivity contribution in [2.45, 2.75) is 32.9 Å². The number of aromatic nitrogens is 1. The van der Waals surface area contributed by atoms with Gasteiger partial charge in [0.15, 0.2) is 0 Å². The molecule has 2 rings (SSSR count). The molecule has 0 unspecified atom stereocenters. The molecule has 0 atom stereocenters. The molecular formula is C15H24N4O. The van der Waals surface area contributed by atoms with Crippen LogP contribution in [0.1, 0.15) is 25.1 Å². The van der Waals surface area contributed by atoms with Crippen LogP contribution < -0.4 is 10.6 Å². The van der Waals surface area contributed by atoms with Gasteiger partial charge in [0.2, 0.25) is 5.91 Å². The van der Waals surface area contributed by atoms with Gasteiger partial charge < -0.3 is 10.6 Å². The Hall–Kier alpha value is -1.46. The van der Waals surface area contributed by atoms with Crippen LogP contribution in [-0.4, -0.2) is 47.5 Å². The summed E-state index contributed by atoms with van der Waals surface area (Å²) in [6.07, 6.45) is 1.81. The number of hydrogen-bond donors (Lipinski definition) is 2. The average molecular weight is 276 g/mol. The van der Waals surface area contributed by atoms with E-state index in [1.54, 1.807) is 0 Å². The lowest BCUT2D eigenvalue weighted by molar-refractivity contribution is -0.132. The first-order valence-electron chi connectivity index (χ1n) is 7.16. The highest BCUT2D eigenvalue weighted by atomic mass is 16.2. The molecule has 1 aliphatic rings. The Labute approximate surface area is 120 Å². The van der Waals surface area contributed by atoms with Crippen molar-refractivity contribution in [1.82, 2.24) is 20.5 Å². The lowest BCUT2D eigenvalue weighted by atomic mass is 10.0. The summed E-state index contributed by atoms with van der Waals surface area (Å²) in [5.74, 6) is 0.0694. The third-order valence-corrected chi connectivity index (χ3v) is 3.89. The van der Waals surface area contributed by atoms with Crippen molar-refractivity contribution in [3.63, 3.8) is 0 Å². The maximum absolute atomic E-state index is 12.4. The van der Waals surface area contributed by atoms with Gasteiger partial charge in [-0.15, -0.1) is 0 Å². The summed E-state index contributed by atoms with van der Waals surface area (Å²) in [4.78, 5) is 18.9. The largest absolute Gasteiger partial charge is 0.350 e. The number of hydrogen-bond acceptors (Lipinski definition) is 4. The number of carbonyl (C=O) groups is 1. The fourth-order valence-electron chi connectivity index (χ4n) is 2.37. The third-order valence-electron chi connectivity index (χ3n) is 3.89. The second-order valence-electron chi connectivity index (χ2n) is 5.79. The molecule has 0 spiro atoms. The molecule has 110 valence electrons. The van der Waals surface area contributed by atoms with Crippen LogP contribution in [-0.2, 0) is 11.3 Å². The summed E-state index contributed by atoms with van der Waals surface area (Å²) < 4.78 is 0. The second-order valence-corrected chi connectivity index (χ2v) is 5.79. The Morgan fingerprint density at radius 3 is 2.70 bits per heavy atom. The zero-order valence-corrected chi connectivity index (χ0v) is 12.6. The van der Waals surface area contributed by atoms with Gasteiger partial charge in [0.1, 0.15) is 0 Å². The first-order chi connectivity index (χ1) is 9.50. The minimum Gasteiger partial charge on any atom is -0.350 e. The van der Waals surface area contributed by atoms with Gasteiger partial charge in [-0.3, -0.25) is 14.7 Å². The van der Waals surface area contributed by atoms with Gasteiger partial charge in [-0.25, -0.2) is 0 Å². The number of pyridine rings is 1. The molecule has 5 heteroatoms. The molecule has 1 fully saturated rings. The molecule has 1 amide bonds. The monoisotopic (exact) mass is 276 g/mol. The van der Waals surface area contributed by atoms with Crippen molar-refractivity contribution >= 4 is 5.91 Å². The van der Waals surface area contributed by atoms with Gasteiger partial charge >= 0.3 is 0 Å². The molecule has 2 heterocycles. The van der Waals surface area contributed by atoms with Crippen LogP contribution >= 0.6 is 0 Å². The Morgan fingerprint density at radius 1 is 1.40 bits per heavy atom. The summed E-state index contributed by atoms with van der Waals surface area (Å²) in [6.45, 7) is 10.2. The Kier molecular flexibility index (Phi) is 4.73. The molecule has 2 N–H and O–H groups in total. The topological polar surface area (TPSA) is 57.3 Å². The van der Waals surface area contributed by atoms with Gasteiger partial charge in [-0.1, -0.05) is 6.07 Å². The first-order valence-corrected chi connectivity index (χ1v) is 7.16. The molecule has 0 saturated carbocycles. The zero-order chi connectivity index (χ0) is 14.6. The van der Waals surface area contributed by atoms with Crippen molar-refractivity contribution in [1.29, 1.82) is 0 Å². The molecule has 1 saturated heterocycles. The molecular weight excluding hydrogens is 252 g/mol. The van der Waals surface area contributed by atoms with Gasteiger partial charge in [-0.05, 0) is 32.4 Å². The number of piperazine rings is 1. The number of aryl methyl sites for hydroxylation is 1. The summed E-state index contributed by atoms with van der Waals surface area (Å²) in [5.41, 5.74) is 1.54. The summed E-state index contributed by atoms with van der Waals surface area (Å²) in [7, 11) is 0. The third kappa shape index (κ3) is 3.55. The highest BCUT2D eigenvalue weighted by Crippen LogP contribution is 2.15. The molecule has 0 radical (unpaired) electrons. The molecule has 0 aliphatic carbocycles. The summed E-state index contributed by atoms with van der Waals surface area (Å²) in [6, 6.07) is 3.96. The van der Waals surface area contributed by atoms with Gasteiger partial charge in [0.25, 0.3) is 0 Å². The van der Waals surface area contributed by atoms with Crippen LogP contribution in [0.3, 0.4) is 0 Å². The van der Waals surface area contributed by atoms with E-state index in [-0.39, 0.29) is 5.91 Å². The van der Waals surface area contributed by atoms with E-state index in [0.717, 1.165) is 37.4 Å². The normalized spacial score (nSPS) is 16.9. The Bertz CT molecular complexity index is 449. The van der Waals surface area contributed by atoms with E-state index in [0.29, 0.717) is 6.54 Å². The minimum atomic E-state index is -0.472. The standard InChI is InChI=1S/C15H24N4O/c1-12-4-5-13(10-17-12)11-18-14(20)15(2,3)19-8-6-16-7-9-19/h4-5,10,16H,6-9,11H2,1-3H3,(H,18,20). The van der Waals surface area contributed by atoms with Crippen molar-refractivity contribution < 1.29 is 4.79 Å². The smallest absolute Gasteiger partial charge is 0.240 e.